The first-order chi connectivity index (χ1) is 8.26. The molecule has 0 saturated heterocycles. The third-order valence-corrected chi connectivity index (χ3v) is 3.50. The molecule has 0 amide bonds. The van der Waals surface area contributed by atoms with Crippen molar-refractivity contribution in [2.45, 2.75) is 25.3 Å². The minimum Gasteiger partial charge on any atom is -0.316 e. The van der Waals surface area contributed by atoms with Crippen LogP contribution >= 0.6 is 11.8 Å². The Balaban J connectivity index is 2.34. The van der Waals surface area contributed by atoms with E-state index in [0.29, 0.717) is 0 Å². The second-order valence-corrected chi connectivity index (χ2v) is 5.51. The number of rotatable bonds is 8. The van der Waals surface area contributed by atoms with Crippen molar-refractivity contribution >= 4 is 11.8 Å². The van der Waals surface area contributed by atoms with Crippen LogP contribution in [0.5, 0.6) is 0 Å². The summed E-state index contributed by atoms with van der Waals surface area (Å²) in [5.41, 5.74) is 1.39. The zero-order chi connectivity index (χ0) is 12.5. The normalized spacial score (nSPS) is 11.1. The smallest absolute Gasteiger partial charge is 0.0231 e. The SMILES string of the molecule is CCNCCN(C)Cc1ccc(SCC)cc1. The highest BCUT2D eigenvalue weighted by Crippen LogP contribution is 2.18. The Morgan fingerprint density at radius 3 is 2.47 bits per heavy atom. The minimum absolute atomic E-state index is 1.03. The number of likely N-dealkylation sites (N-methyl/N-ethyl adjacent to an activating group) is 2. The lowest BCUT2D eigenvalue weighted by molar-refractivity contribution is 0.325. The highest BCUT2D eigenvalue weighted by atomic mass is 32.2. The Labute approximate surface area is 110 Å². The molecule has 0 aromatic heterocycles. The van der Waals surface area contributed by atoms with Crippen LogP contribution in [0.15, 0.2) is 29.2 Å². The van der Waals surface area contributed by atoms with Crippen molar-refractivity contribution in [3.8, 4) is 0 Å². The van der Waals surface area contributed by atoms with Gasteiger partial charge in [0.1, 0.15) is 0 Å². The van der Waals surface area contributed by atoms with E-state index in [1.165, 1.54) is 10.5 Å². The average Bonchev–Trinajstić information content (AvgIpc) is 2.32. The monoisotopic (exact) mass is 252 g/mol. The lowest BCUT2D eigenvalue weighted by Gasteiger charge is -2.16. The molecule has 0 aliphatic heterocycles. The first-order valence-electron chi connectivity index (χ1n) is 6.37. The van der Waals surface area contributed by atoms with Gasteiger partial charge in [-0.2, -0.15) is 0 Å². The molecule has 0 heterocycles. The van der Waals surface area contributed by atoms with Gasteiger partial charge in [-0.05, 0) is 37.0 Å². The van der Waals surface area contributed by atoms with Gasteiger partial charge in [-0.3, -0.25) is 0 Å². The first kappa shape index (κ1) is 14.6. The maximum Gasteiger partial charge on any atom is 0.0231 e. The summed E-state index contributed by atoms with van der Waals surface area (Å²) in [5, 5.41) is 3.35. The molecule has 0 saturated carbocycles. The molecule has 0 radical (unpaired) electrons. The van der Waals surface area contributed by atoms with Crippen molar-refractivity contribution in [2.24, 2.45) is 0 Å². The lowest BCUT2D eigenvalue weighted by atomic mass is 10.2. The fourth-order valence-electron chi connectivity index (χ4n) is 1.70. The topological polar surface area (TPSA) is 15.3 Å². The highest BCUT2D eigenvalue weighted by molar-refractivity contribution is 7.99. The van der Waals surface area contributed by atoms with E-state index < -0.39 is 0 Å². The van der Waals surface area contributed by atoms with Crippen LogP contribution in [0.4, 0.5) is 0 Å². The lowest BCUT2D eigenvalue weighted by Crippen LogP contribution is -2.28. The summed E-state index contributed by atoms with van der Waals surface area (Å²) in [6.07, 6.45) is 0. The molecule has 0 bridgehead atoms. The number of thioether (sulfide) groups is 1. The van der Waals surface area contributed by atoms with Gasteiger partial charge in [0.25, 0.3) is 0 Å². The molecule has 1 rings (SSSR count). The Hall–Kier alpha value is -0.510. The molecule has 0 spiro atoms. The summed E-state index contributed by atoms with van der Waals surface area (Å²) in [4.78, 5) is 3.72. The zero-order valence-corrected chi connectivity index (χ0v) is 12.0. The summed E-state index contributed by atoms with van der Waals surface area (Å²) in [6.45, 7) is 8.58. The third kappa shape index (κ3) is 6.10. The predicted octanol–water partition coefficient (Wildman–Crippen LogP) is 2.84. The van der Waals surface area contributed by atoms with E-state index in [1.807, 2.05) is 11.8 Å². The minimum atomic E-state index is 1.03. The molecule has 1 aromatic rings. The molecule has 96 valence electrons. The zero-order valence-electron chi connectivity index (χ0n) is 11.2. The van der Waals surface area contributed by atoms with E-state index in [0.717, 1.165) is 31.9 Å². The van der Waals surface area contributed by atoms with E-state index in [9.17, 15) is 0 Å². The summed E-state index contributed by atoms with van der Waals surface area (Å²) in [6, 6.07) is 8.92. The van der Waals surface area contributed by atoms with Gasteiger partial charge in [-0.25, -0.2) is 0 Å². The molecule has 17 heavy (non-hydrogen) atoms. The van der Waals surface area contributed by atoms with Gasteiger partial charge in [-0.1, -0.05) is 26.0 Å². The van der Waals surface area contributed by atoms with E-state index >= 15 is 0 Å². The van der Waals surface area contributed by atoms with E-state index in [-0.39, 0.29) is 0 Å². The average molecular weight is 252 g/mol. The van der Waals surface area contributed by atoms with Crippen LogP contribution in [-0.2, 0) is 6.54 Å². The standard InChI is InChI=1S/C14H24N2S/c1-4-15-10-11-16(3)12-13-6-8-14(9-7-13)17-5-2/h6-9,15H,4-5,10-12H2,1-3H3. The van der Waals surface area contributed by atoms with Crippen LogP contribution in [0.25, 0.3) is 0 Å². The van der Waals surface area contributed by atoms with Gasteiger partial charge in [-0.15, -0.1) is 11.8 Å². The van der Waals surface area contributed by atoms with Gasteiger partial charge >= 0.3 is 0 Å². The van der Waals surface area contributed by atoms with Crippen LogP contribution in [0.2, 0.25) is 0 Å². The molecular weight excluding hydrogens is 228 g/mol. The molecule has 0 atom stereocenters. The van der Waals surface area contributed by atoms with Crippen molar-refractivity contribution in [3.05, 3.63) is 29.8 Å². The molecule has 0 fully saturated rings. The van der Waals surface area contributed by atoms with Gasteiger partial charge in [0, 0.05) is 24.5 Å². The van der Waals surface area contributed by atoms with Crippen molar-refractivity contribution < 1.29 is 0 Å². The van der Waals surface area contributed by atoms with Crippen LogP contribution < -0.4 is 5.32 Å². The van der Waals surface area contributed by atoms with Crippen LogP contribution in [0.3, 0.4) is 0 Å². The molecule has 0 unspecified atom stereocenters. The molecule has 1 aromatic carbocycles. The van der Waals surface area contributed by atoms with Crippen molar-refractivity contribution in [3.63, 3.8) is 0 Å². The quantitative estimate of drug-likeness (QED) is 0.566. The Kier molecular flexibility index (Phi) is 7.33. The number of benzene rings is 1. The number of hydrogen-bond donors (Lipinski definition) is 1. The molecule has 0 aliphatic carbocycles. The number of hydrogen-bond acceptors (Lipinski definition) is 3. The summed E-state index contributed by atoms with van der Waals surface area (Å²) in [7, 11) is 2.17. The van der Waals surface area contributed by atoms with Crippen molar-refractivity contribution in [1.82, 2.24) is 10.2 Å². The molecule has 0 aliphatic rings. The van der Waals surface area contributed by atoms with E-state index in [2.05, 4.69) is 55.4 Å². The van der Waals surface area contributed by atoms with Gasteiger partial charge in [0.15, 0.2) is 0 Å². The Morgan fingerprint density at radius 1 is 1.18 bits per heavy atom. The van der Waals surface area contributed by atoms with Gasteiger partial charge in [0.05, 0.1) is 0 Å². The molecule has 3 heteroatoms. The van der Waals surface area contributed by atoms with E-state index in [1.54, 1.807) is 0 Å². The predicted molar refractivity (Wildman–Crippen MR) is 77.7 cm³/mol. The molecular formula is C14H24N2S. The summed E-state index contributed by atoms with van der Waals surface area (Å²) >= 11 is 1.90. The van der Waals surface area contributed by atoms with Crippen LogP contribution in [0, 0.1) is 0 Å². The largest absolute Gasteiger partial charge is 0.316 e. The van der Waals surface area contributed by atoms with Crippen molar-refractivity contribution in [2.75, 3.05) is 32.4 Å². The van der Waals surface area contributed by atoms with Gasteiger partial charge in [0.2, 0.25) is 0 Å². The third-order valence-electron chi connectivity index (χ3n) is 2.61. The summed E-state index contributed by atoms with van der Waals surface area (Å²) < 4.78 is 0. The fraction of sp³-hybridized carbons (Fsp3) is 0.571. The second kappa shape index (κ2) is 8.56. The number of nitrogens with zero attached hydrogens (tertiary/aromatic N) is 1. The van der Waals surface area contributed by atoms with E-state index in [4.69, 9.17) is 0 Å². The number of nitrogens with one attached hydrogen (secondary N) is 1. The maximum absolute atomic E-state index is 3.35. The fourth-order valence-corrected chi connectivity index (χ4v) is 2.36. The van der Waals surface area contributed by atoms with Crippen LogP contribution in [-0.4, -0.2) is 37.3 Å². The molecule has 2 nitrogen and oxygen atoms in total. The molecule has 1 N–H and O–H groups in total. The second-order valence-electron chi connectivity index (χ2n) is 4.17. The highest BCUT2D eigenvalue weighted by Gasteiger charge is 2.00. The van der Waals surface area contributed by atoms with Crippen LogP contribution in [0.1, 0.15) is 19.4 Å². The first-order valence-corrected chi connectivity index (χ1v) is 7.35. The summed E-state index contributed by atoms with van der Waals surface area (Å²) in [5.74, 6) is 1.14. The Morgan fingerprint density at radius 2 is 1.88 bits per heavy atom. The maximum atomic E-state index is 3.35. The Bertz CT molecular complexity index is 298. The van der Waals surface area contributed by atoms with Gasteiger partial charge < -0.3 is 10.2 Å². The van der Waals surface area contributed by atoms with Crippen molar-refractivity contribution in [1.29, 1.82) is 0 Å².